The summed E-state index contributed by atoms with van der Waals surface area (Å²) in [7, 11) is 0. The number of hydrogen-bond acceptors (Lipinski definition) is 5. The van der Waals surface area contributed by atoms with Crippen molar-refractivity contribution in [2.24, 2.45) is 0 Å². The van der Waals surface area contributed by atoms with Crippen LogP contribution in [0.4, 0.5) is 5.69 Å². The Morgan fingerprint density at radius 2 is 1.97 bits per heavy atom. The zero-order chi connectivity index (χ0) is 21.6. The molecule has 164 valence electrons. The Morgan fingerprint density at radius 3 is 2.74 bits per heavy atom. The van der Waals surface area contributed by atoms with E-state index in [1.54, 1.807) is 11.8 Å². The van der Waals surface area contributed by atoms with Crippen LogP contribution >= 0.6 is 11.8 Å². The quantitative estimate of drug-likeness (QED) is 0.747. The molecule has 1 fully saturated rings. The maximum atomic E-state index is 13.6. The number of anilines is 1. The largest absolute Gasteiger partial charge is 0.379 e. The van der Waals surface area contributed by atoms with Gasteiger partial charge in [-0.2, -0.15) is 0 Å². The average Bonchev–Trinajstić information content (AvgIpc) is 2.98. The van der Waals surface area contributed by atoms with Crippen molar-refractivity contribution in [3.63, 3.8) is 0 Å². The van der Waals surface area contributed by atoms with Crippen LogP contribution in [0.2, 0.25) is 0 Å². The normalized spacial score (nSPS) is 17.9. The predicted molar refractivity (Wildman–Crippen MR) is 123 cm³/mol. The van der Waals surface area contributed by atoms with Crippen LogP contribution in [0.5, 0.6) is 0 Å². The highest BCUT2D eigenvalue weighted by Gasteiger charge is 2.25. The van der Waals surface area contributed by atoms with Gasteiger partial charge in [-0.1, -0.05) is 30.3 Å². The summed E-state index contributed by atoms with van der Waals surface area (Å²) < 4.78 is 5.47. The first kappa shape index (κ1) is 21.9. The Bertz CT molecular complexity index is 916. The van der Waals surface area contributed by atoms with Crippen LogP contribution in [0.1, 0.15) is 29.3 Å². The summed E-state index contributed by atoms with van der Waals surface area (Å²) in [6.45, 7) is 6.71. The molecule has 2 aliphatic heterocycles. The molecule has 4 rings (SSSR count). The second-order valence-electron chi connectivity index (χ2n) is 8.04. The van der Waals surface area contributed by atoms with Gasteiger partial charge in [0.1, 0.15) is 0 Å². The van der Waals surface area contributed by atoms with Crippen LogP contribution in [0.25, 0.3) is 0 Å². The van der Waals surface area contributed by atoms with Crippen LogP contribution in [0.3, 0.4) is 0 Å². The Morgan fingerprint density at radius 1 is 1.19 bits per heavy atom. The third kappa shape index (κ3) is 5.67. The zero-order valence-corrected chi connectivity index (χ0v) is 18.7. The lowest BCUT2D eigenvalue weighted by Gasteiger charge is -2.35. The number of thioether (sulfide) groups is 1. The molecule has 0 spiro atoms. The molecule has 31 heavy (non-hydrogen) atoms. The summed E-state index contributed by atoms with van der Waals surface area (Å²) in [5.41, 5.74) is 2.44. The highest BCUT2D eigenvalue weighted by Crippen LogP contribution is 2.32. The molecule has 1 atom stereocenters. The first-order valence-electron chi connectivity index (χ1n) is 10.8. The molecule has 2 aliphatic rings. The minimum Gasteiger partial charge on any atom is -0.379 e. The Hall–Kier alpha value is -2.35. The van der Waals surface area contributed by atoms with Gasteiger partial charge >= 0.3 is 0 Å². The van der Waals surface area contributed by atoms with Gasteiger partial charge in [0, 0.05) is 54.9 Å². The molecule has 0 aliphatic carbocycles. The van der Waals surface area contributed by atoms with Crippen LogP contribution < -0.4 is 5.32 Å². The highest BCUT2D eigenvalue weighted by molar-refractivity contribution is 7.99. The molecule has 0 bridgehead atoms. The zero-order valence-electron chi connectivity index (χ0n) is 17.9. The van der Waals surface area contributed by atoms with E-state index in [2.05, 4.69) is 29.3 Å². The highest BCUT2D eigenvalue weighted by atomic mass is 32.2. The molecule has 1 unspecified atom stereocenters. The van der Waals surface area contributed by atoms with Gasteiger partial charge in [0.25, 0.3) is 5.91 Å². The summed E-state index contributed by atoms with van der Waals surface area (Å²) in [4.78, 5) is 31.0. The lowest BCUT2D eigenvalue weighted by atomic mass is 10.1. The smallest absolute Gasteiger partial charge is 0.254 e. The monoisotopic (exact) mass is 439 g/mol. The maximum Gasteiger partial charge on any atom is 0.254 e. The van der Waals surface area contributed by atoms with Crippen LogP contribution in [-0.2, 0) is 16.1 Å². The second-order valence-corrected chi connectivity index (χ2v) is 9.17. The summed E-state index contributed by atoms with van der Waals surface area (Å²) in [6, 6.07) is 15.8. The minimum atomic E-state index is -0.0177. The molecule has 1 saturated heterocycles. The summed E-state index contributed by atoms with van der Waals surface area (Å²) in [5.74, 6) is 0.733. The van der Waals surface area contributed by atoms with Gasteiger partial charge in [0.2, 0.25) is 5.91 Å². The van der Waals surface area contributed by atoms with E-state index in [0.717, 1.165) is 54.7 Å². The molecule has 2 heterocycles. The number of nitrogens with one attached hydrogen (secondary N) is 1. The van der Waals surface area contributed by atoms with E-state index in [9.17, 15) is 9.59 Å². The van der Waals surface area contributed by atoms with E-state index in [-0.39, 0.29) is 17.9 Å². The summed E-state index contributed by atoms with van der Waals surface area (Å²) >= 11 is 1.65. The van der Waals surface area contributed by atoms with E-state index >= 15 is 0 Å². The fraction of sp³-hybridized carbons (Fsp3) is 0.417. The van der Waals surface area contributed by atoms with Crippen molar-refractivity contribution in [2.45, 2.75) is 30.8 Å². The van der Waals surface area contributed by atoms with Gasteiger partial charge < -0.3 is 15.0 Å². The lowest BCUT2D eigenvalue weighted by Crippen LogP contribution is -2.48. The molecular weight excluding hydrogens is 410 g/mol. The van der Waals surface area contributed by atoms with Crippen molar-refractivity contribution in [3.05, 3.63) is 59.7 Å². The van der Waals surface area contributed by atoms with Crippen molar-refractivity contribution >= 4 is 29.3 Å². The number of carbonyl (C=O) groups is 2. The van der Waals surface area contributed by atoms with Crippen molar-refractivity contribution in [2.75, 3.05) is 43.9 Å². The number of morpholine rings is 1. The minimum absolute atomic E-state index is 0.00215. The summed E-state index contributed by atoms with van der Waals surface area (Å²) in [5, 5.41) is 2.95. The third-order valence-electron chi connectivity index (χ3n) is 5.70. The topological polar surface area (TPSA) is 61.9 Å². The number of benzene rings is 2. The number of nitrogens with zero attached hydrogens (tertiary/aromatic N) is 2. The Balaban J connectivity index is 1.57. The van der Waals surface area contributed by atoms with Crippen LogP contribution in [0.15, 0.2) is 53.4 Å². The fourth-order valence-electron chi connectivity index (χ4n) is 3.98. The first-order valence-corrected chi connectivity index (χ1v) is 11.8. The molecular formula is C24H29N3O3S. The van der Waals surface area contributed by atoms with Crippen molar-refractivity contribution in [1.29, 1.82) is 0 Å². The van der Waals surface area contributed by atoms with E-state index in [4.69, 9.17) is 4.74 Å². The average molecular weight is 440 g/mol. The van der Waals surface area contributed by atoms with E-state index in [1.165, 1.54) is 0 Å². The number of rotatable bonds is 6. The molecule has 2 aromatic rings. The molecule has 0 saturated carbocycles. The third-order valence-corrected chi connectivity index (χ3v) is 6.78. The van der Waals surface area contributed by atoms with Gasteiger partial charge in [0.05, 0.1) is 18.9 Å². The maximum absolute atomic E-state index is 13.6. The summed E-state index contributed by atoms with van der Waals surface area (Å²) in [6.07, 6.45) is 0.485. The van der Waals surface area contributed by atoms with Gasteiger partial charge in [-0.15, -0.1) is 11.8 Å². The number of hydrogen-bond donors (Lipinski definition) is 1. The molecule has 2 amide bonds. The van der Waals surface area contributed by atoms with Gasteiger partial charge in [0.15, 0.2) is 0 Å². The first-order chi connectivity index (χ1) is 15.1. The molecule has 0 radical (unpaired) electrons. The predicted octanol–water partition coefficient (Wildman–Crippen LogP) is 3.48. The molecule has 2 aromatic carbocycles. The van der Waals surface area contributed by atoms with E-state index in [1.807, 2.05) is 41.3 Å². The van der Waals surface area contributed by atoms with E-state index in [0.29, 0.717) is 18.5 Å². The molecule has 7 heteroatoms. The molecule has 1 N–H and O–H groups in total. The van der Waals surface area contributed by atoms with Crippen molar-refractivity contribution in [3.8, 4) is 0 Å². The standard InChI is InChI=1S/C24H29N3O3S/c1-18(16-26-10-12-30-13-11-26)27(17-19-5-3-2-4-6-19)24(29)20-7-8-22-21(15-20)25-23(28)9-14-31-22/h2-8,15,18H,9-14,16-17H2,1H3,(H,25,28). The Kier molecular flexibility index (Phi) is 7.27. The van der Waals surface area contributed by atoms with Crippen LogP contribution in [0, 0.1) is 0 Å². The molecule has 6 nitrogen and oxygen atoms in total. The lowest BCUT2D eigenvalue weighted by molar-refractivity contribution is -0.115. The van der Waals surface area contributed by atoms with Gasteiger partial charge in [-0.3, -0.25) is 14.5 Å². The van der Waals surface area contributed by atoms with Crippen molar-refractivity contribution in [1.82, 2.24) is 9.80 Å². The van der Waals surface area contributed by atoms with E-state index < -0.39 is 0 Å². The van der Waals surface area contributed by atoms with Gasteiger partial charge in [-0.05, 0) is 30.7 Å². The van der Waals surface area contributed by atoms with Crippen molar-refractivity contribution < 1.29 is 14.3 Å². The second kappa shape index (κ2) is 10.3. The Labute approximate surface area is 187 Å². The number of fused-ring (bicyclic) bond motifs is 1. The van der Waals surface area contributed by atoms with Crippen LogP contribution in [-0.4, -0.2) is 66.3 Å². The number of amides is 2. The number of ether oxygens (including phenoxy) is 1. The fourth-order valence-corrected chi connectivity index (χ4v) is 4.92. The van der Waals surface area contributed by atoms with Gasteiger partial charge in [-0.25, -0.2) is 0 Å². The number of carbonyl (C=O) groups excluding carboxylic acids is 2. The SMILES string of the molecule is CC(CN1CCOCC1)N(Cc1ccccc1)C(=O)c1ccc2c(c1)NC(=O)CCS2. The molecule has 0 aromatic heterocycles.